The molecule has 0 saturated heterocycles. The molecule has 125 heavy (non-hydrogen) atoms. The molecule has 0 bridgehead atoms. The summed E-state index contributed by atoms with van der Waals surface area (Å²) in [6.07, 6.45) is 0. The van der Waals surface area contributed by atoms with Crippen molar-refractivity contribution >= 4 is 225 Å². The summed E-state index contributed by atoms with van der Waals surface area (Å²) in [6.45, 7) is 0. The average molecular weight is 1650 g/mol. The number of rotatable bonds is 7. The van der Waals surface area contributed by atoms with Crippen LogP contribution < -0.4 is 0 Å². The molecule has 0 N–H and O–H groups in total. The maximum Gasteiger partial charge on any atom is 0.235 e. The number of aromatic nitrogens is 9. The molecule has 582 valence electrons. The monoisotopic (exact) mass is 1650 g/mol. The summed E-state index contributed by atoms with van der Waals surface area (Å²) in [4.78, 5) is 26.3. The maximum absolute atomic E-state index is 5.45. The summed E-state index contributed by atoms with van der Waals surface area (Å²) in [5.41, 5.74) is 18.4. The van der Waals surface area contributed by atoms with Crippen LogP contribution in [0.2, 0.25) is 0 Å². The first-order valence-corrected chi connectivity index (χ1v) is 44.6. The van der Waals surface area contributed by atoms with Gasteiger partial charge in [-0.2, -0.15) is 0 Å². The van der Waals surface area contributed by atoms with E-state index in [1.807, 2.05) is 46.1 Å². The van der Waals surface area contributed by atoms with Gasteiger partial charge in [0.25, 0.3) is 0 Å². The predicted molar refractivity (Wildman–Crippen MR) is 531 cm³/mol. The van der Waals surface area contributed by atoms with Gasteiger partial charge in [0.05, 0.1) is 66.6 Å². The molecule has 0 atom stereocenters. The van der Waals surface area contributed by atoms with Crippen molar-refractivity contribution < 1.29 is 0 Å². The number of imidazole rings is 1. The Kier molecular flexibility index (Phi) is 16.1. The SMILES string of the molecule is c1ccc(-c2nc(-n3c4ccccc4c4c5sc6ccccc6c5c5ccccc5c43)nc3ccccc23)cc1.c1ccc(-n2c(-c3ccc(-n4c5ccccc5c5c6sc7ccccc7c6ccc54)cc3)nc3ccccc32)cc1.c1ccc2c(-c3nc(-n4c5ccccc5c5c6sc7ccccc7c6c6ccccc6c54)nc4ccccc34)cccc2c1. The van der Waals surface area contributed by atoms with Crippen molar-refractivity contribution in [1.29, 1.82) is 0 Å². The Morgan fingerprint density at radius 3 is 1.18 bits per heavy atom. The molecule has 19 aromatic carbocycles. The van der Waals surface area contributed by atoms with Gasteiger partial charge in [0.1, 0.15) is 5.82 Å². The molecule has 0 saturated carbocycles. The molecule has 0 amide bonds. The number of nitrogens with zero attached hydrogens (tertiary/aromatic N) is 9. The first kappa shape index (κ1) is 71.0. The Balaban J connectivity index is 0.000000100. The molecule has 0 spiro atoms. The molecule has 0 aliphatic heterocycles. The summed E-state index contributed by atoms with van der Waals surface area (Å²) in [7, 11) is 0. The van der Waals surface area contributed by atoms with Gasteiger partial charge < -0.3 is 4.57 Å². The van der Waals surface area contributed by atoms with Crippen molar-refractivity contribution in [2.45, 2.75) is 0 Å². The van der Waals surface area contributed by atoms with Crippen molar-refractivity contribution in [3.8, 4) is 57.2 Å². The van der Waals surface area contributed by atoms with Crippen LogP contribution in [0.1, 0.15) is 0 Å². The highest BCUT2D eigenvalue weighted by Gasteiger charge is 2.28. The second-order valence-electron chi connectivity index (χ2n) is 31.9. The lowest BCUT2D eigenvalue weighted by molar-refractivity contribution is 1.02. The minimum absolute atomic E-state index is 0.684. The Hall–Kier alpha value is -15.8. The smallest absolute Gasteiger partial charge is 0.235 e. The molecule has 12 heteroatoms. The Bertz CT molecular complexity index is 9330. The topological polar surface area (TPSA) is 84.2 Å². The van der Waals surface area contributed by atoms with Gasteiger partial charge in [0.2, 0.25) is 11.9 Å². The number of fused-ring (bicyclic) bond motifs is 31. The second kappa shape index (κ2) is 28.4. The largest absolute Gasteiger partial charge is 0.309 e. The van der Waals surface area contributed by atoms with Crippen molar-refractivity contribution in [2.75, 3.05) is 0 Å². The predicted octanol–water partition coefficient (Wildman–Crippen LogP) is 31.1. The summed E-state index contributed by atoms with van der Waals surface area (Å²) in [5, 5.41) is 24.9. The molecule has 9 aromatic heterocycles. The van der Waals surface area contributed by atoms with Gasteiger partial charge in [-0.3, -0.25) is 13.7 Å². The lowest BCUT2D eigenvalue weighted by atomic mass is 9.99. The number of hydrogen-bond donors (Lipinski definition) is 0. The summed E-state index contributed by atoms with van der Waals surface area (Å²) >= 11 is 5.65. The van der Waals surface area contributed by atoms with Crippen LogP contribution in [0.15, 0.2) is 406 Å². The lowest BCUT2D eigenvalue weighted by Gasteiger charge is -2.14. The fourth-order valence-corrected chi connectivity index (χ4v) is 23.6. The average Bonchev–Trinajstić information content (AvgIpc) is 1.54. The molecular weight excluding hydrogens is 1580 g/mol. The number of para-hydroxylation sites is 8. The van der Waals surface area contributed by atoms with E-state index in [0.29, 0.717) is 11.9 Å². The third kappa shape index (κ3) is 11.0. The van der Waals surface area contributed by atoms with Crippen LogP contribution in [0.3, 0.4) is 0 Å². The molecule has 0 unspecified atom stereocenters. The van der Waals surface area contributed by atoms with Gasteiger partial charge >= 0.3 is 0 Å². The number of hydrogen-bond acceptors (Lipinski definition) is 8. The fourth-order valence-electron chi connectivity index (χ4n) is 19.8. The van der Waals surface area contributed by atoms with Gasteiger partial charge in [-0.05, 0) is 125 Å². The van der Waals surface area contributed by atoms with E-state index in [4.69, 9.17) is 24.9 Å². The second-order valence-corrected chi connectivity index (χ2v) is 35.1. The van der Waals surface area contributed by atoms with Crippen LogP contribution in [-0.4, -0.2) is 43.2 Å². The zero-order chi connectivity index (χ0) is 81.9. The molecule has 0 aliphatic rings. The van der Waals surface area contributed by atoms with Crippen LogP contribution in [0.5, 0.6) is 0 Å². The van der Waals surface area contributed by atoms with Crippen LogP contribution >= 0.6 is 34.0 Å². The first-order valence-electron chi connectivity index (χ1n) is 42.1. The van der Waals surface area contributed by atoms with Crippen LogP contribution in [0.4, 0.5) is 0 Å². The van der Waals surface area contributed by atoms with Gasteiger partial charge in [-0.15, -0.1) is 34.0 Å². The van der Waals surface area contributed by atoms with Crippen molar-refractivity contribution in [3.05, 3.63) is 406 Å². The standard InChI is InChI=1S/C40H23N3S.C37H23N3S.C36H21N3S/c1-2-14-25-24(12-1)13-11-20-27(25)37-29-17-5-8-21-32(29)41-40(42-37)43-33-22-9-6-18-30(33)36-38(43)28-16-4-3-15-26(28)35-31-19-7-10-23-34(31)44-39(35)36;1-2-10-25(11-3-1)40-32-16-8-6-14-30(32)38-37(40)24-18-20-26(21-19-24)39-31-15-7-4-13-29(31)35-33(39)23-22-28-27-12-5-9-17-34(27)41-36(28)35;1-2-12-22(13-3-1)33-25-16-6-9-19-28(25)37-36(38-33)39-29-20-10-7-17-26(29)32-34(39)24-15-5-4-14-23(24)31-27-18-8-11-21-30(27)40-35(31)32/h1-23H;1-23H;1-21H. The molecule has 9 nitrogen and oxygen atoms in total. The zero-order valence-corrected chi connectivity index (χ0v) is 69.4. The molecule has 0 radical (unpaired) electrons. The third-order valence-corrected chi connectivity index (χ3v) is 28.7. The van der Waals surface area contributed by atoms with E-state index < -0.39 is 0 Å². The van der Waals surface area contributed by atoms with Crippen molar-refractivity contribution in [1.82, 2.24) is 43.2 Å². The van der Waals surface area contributed by atoms with Crippen LogP contribution in [-0.2, 0) is 0 Å². The molecule has 0 fully saturated rings. The molecule has 28 rings (SSSR count). The van der Waals surface area contributed by atoms with Gasteiger partial charge in [-0.25, -0.2) is 24.9 Å². The molecular formula is C113H67N9S3. The maximum atomic E-state index is 5.45. The van der Waals surface area contributed by atoms with Crippen LogP contribution in [0.25, 0.3) is 248 Å². The van der Waals surface area contributed by atoms with E-state index in [1.165, 1.54) is 136 Å². The Labute approximate surface area is 726 Å². The Morgan fingerprint density at radius 2 is 0.600 bits per heavy atom. The van der Waals surface area contributed by atoms with Gasteiger partial charge in [0.15, 0.2) is 0 Å². The highest BCUT2D eigenvalue weighted by molar-refractivity contribution is 7.28. The van der Waals surface area contributed by atoms with E-state index in [2.05, 4.69) is 413 Å². The highest BCUT2D eigenvalue weighted by atomic mass is 32.1. The zero-order valence-electron chi connectivity index (χ0n) is 66.9. The molecule has 9 heterocycles. The third-order valence-electron chi connectivity index (χ3n) is 25.1. The molecule has 0 aliphatic carbocycles. The van der Waals surface area contributed by atoms with Crippen LogP contribution in [0, 0.1) is 0 Å². The van der Waals surface area contributed by atoms with E-state index in [9.17, 15) is 0 Å². The molecule has 28 aromatic rings. The van der Waals surface area contributed by atoms with Crippen molar-refractivity contribution in [2.24, 2.45) is 0 Å². The van der Waals surface area contributed by atoms with E-state index in [-0.39, 0.29) is 0 Å². The minimum Gasteiger partial charge on any atom is -0.309 e. The fraction of sp³-hybridized carbons (Fsp3) is 0. The van der Waals surface area contributed by atoms with E-state index >= 15 is 0 Å². The summed E-state index contributed by atoms with van der Waals surface area (Å²) < 4.78 is 17.2. The lowest BCUT2D eigenvalue weighted by Crippen LogP contribution is -2.04. The highest BCUT2D eigenvalue weighted by Crippen LogP contribution is 2.52. The first-order chi connectivity index (χ1) is 62.1. The van der Waals surface area contributed by atoms with Gasteiger partial charge in [0, 0.05) is 142 Å². The quantitative estimate of drug-likeness (QED) is 0.159. The Morgan fingerprint density at radius 1 is 0.192 bits per heavy atom. The number of benzene rings is 19. The van der Waals surface area contributed by atoms with Gasteiger partial charge in [-0.1, -0.05) is 303 Å². The summed E-state index contributed by atoms with van der Waals surface area (Å²) in [5.74, 6) is 2.32. The van der Waals surface area contributed by atoms with Crippen molar-refractivity contribution in [3.63, 3.8) is 0 Å². The number of thiophene rings is 3. The minimum atomic E-state index is 0.684. The van der Waals surface area contributed by atoms with E-state index in [0.717, 1.165) is 100 Å². The summed E-state index contributed by atoms with van der Waals surface area (Å²) in [6, 6.07) is 144. The van der Waals surface area contributed by atoms with E-state index in [1.54, 1.807) is 0 Å². The normalized spacial score (nSPS) is 12.0.